The Morgan fingerprint density at radius 3 is 2.16 bits per heavy atom. The molecule has 0 aromatic heterocycles. The van der Waals surface area contributed by atoms with Gasteiger partial charge in [0.1, 0.15) is 0 Å². The topological polar surface area (TPSA) is 12.0 Å². The van der Waals surface area contributed by atoms with Crippen molar-refractivity contribution in [3.8, 4) is 0 Å². The van der Waals surface area contributed by atoms with Crippen LogP contribution >= 0.6 is 0 Å². The maximum atomic E-state index is 3.66. The molecule has 1 heteroatoms. The van der Waals surface area contributed by atoms with Crippen LogP contribution in [0.25, 0.3) is 0 Å². The Labute approximate surface area is 116 Å². The fraction of sp³-hybridized carbons (Fsp3) is 0.333. The lowest BCUT2D eigenvalue weighted by Crippen LogP contribution is -2.20. The fourth-order valence-electron chi connectivity index (χ4n) is 2.60. The molecule has 0 aliphatic heterocycles. The number of hydrogen-bond donors (Lipinski definition) is 1. The van der Waals surface area contributed by atoms with Gasteiger partial charge in [0.2, 0.25) is 0 Å². The summed E-state index contributed by atoms with van der Waals surface area (Å²) in [5.41, 5.74) is 5.41. The van der Waals surface area contributed by atoms with Gasteiger partial charge in [-0.15, -0.1) is 0 Å². The highest BCUT2D eigenvalue weighted by Crippen LogP contribution is 2.17. The maximum absolute atomic E-state index is 3.66. The monoisotopic (exact) mass is 253 g/mol. The molecule has 1 unspecified atom stereocenters. The van der Waals surface area contributed by atoms with Crippen molar-refractivity contribution in [2.45, 2.75) is 39.8 Å². The molecule has 2 aromatic carbocycles. The van der Waals surface area contributed by atoms with Gasteiger partial charge in [-0.2, -0.15) is 0 Å². The lowest BCUT2D eigenvalue weighted by atomic mass is 10.0. The van der Waals surface area contributed by atoms with Gasteiger partial charge in [0.25, 0.3) is 0 Å². The SMILES string of the molecule is CCC(NCc1cc(C)cc(C)c1)c1ccccc1. The molecule has 0 fully saturated rings. The molecule has 0 heterocycles. The predicted octanol–water partition coefficient (Wildman–Crippen LogP) is 4.54. The zero-order chi connectivity index (χ0) is 13.7. The van der Waals surface area contributed by atoms with Crippen molar-refractivity contribution in [1.82, 2.24) is 5.32 Å². The van der Waals surface area contributed by atoms with Gasteiger partial charge >= 0.3 is 0 Å². The third-order valence-electron chi connectivity index (χ3n) is 3.44. The summed E-state index contributed by atoms with van der Waals surface area (Å²) in [5, 5.41) is 3.66. The van der Waals surface area contributed by atoms with Crippen molar-refractivity contribution in [1.29, 1.82) is 0 Å². The highest BCUT2D eigenvalue weighted by atomic mass is 14.9. The van der Waals surface area contributed by atoms with Crippen LogP contribution in [0.1, 0.15) is 41.6 Å². The first-order valence-electron chi connectivity index (χ1n) is 7.04. The second-order valence-corrected chi connectivity index (χ2v) is 5.25. The number of benzene rings is 2. The Hall–Kier alpha value is -1.60. The first-order valence-corrected chi connectivity index (χ1v) is 7.04. The number of nitrogens with one attached hydrogen (secondary N) is 1. The van der Waals surface area contributed by atoms with E-state index in [4.69, 9.17) is 0 Å². The Balaban J connectivity index is 2.04. The first-order chi connectivity index (χ1) is 9.19. The van der Waals surface area contributed by atoms with E-state index >= 15 is 0 Å². The van der Waals surface area contributed by atoms with E-state index in [1.165, 1.54) is 22.3 Å². The molecular weight excluding hydrogens is 230 g/mol. The van der Waals surface area contributed by atoms with Crippen molar-refractivity contribution in [3.05, 3.63) is 70.8 Å². The molecule has 2 aromatic rings. The van der Waals surface area contributed by atoms with Gasteiger partial charge in [-0.3, -0.25) is 0 Å². The van der Waals surface area contributed by atoms with Gasteiger partial charge in [-0.25, -0.2) is 0 Å². The second-order valence-electron chi connectivity index (χ2n) is 5.25. The Morgan fingerprint density at radius 2 is 1.58 bits per heavy atom. The zero-order valence-corrected chi connectivity index (χ0v) is 12.1. The Kier molecular flexibility index (Phi) is 4.75. The largest absolute Gasteiger partial charge is 0.306 e. The molecule has 1 N–H and O–H groups in total. The van der Waals surface area contributed by atoms with Crippen LogP contribution in [0.3, 0.4) is 0 Å². The molecule has 19 heavy (non-hydrogen) atoms. The normalized spacial score (nSPS) is 12.4. The van der Waals surface area contributed by atoms with Crippen LogP contribution in [0, 0.1) is 13.8 Å². The minimum atomic E-state index is 0.432. The summed E-state index contributed by atoms with van der Waals surface area (Å²) in [6.45, 7) is 7.47. The van der Waals surface area contributed by atoms with Gasteiger partial charge in [0.05, 0.1) is 0 Å². The maximum Gasteiger partial charge on any atom is 0.0320 e. The molecule has 0 aliphatic carbocycles. The van der Waals surface area contributed by atoms with Gasteiger partial charge in [0.15, 0.2) is 0 Å². The van der Waals surface area contributed by atoms with Gasteiger partial charge in [0, 0.05) is 12.6 Å². The van der Waals surface area contributed by atoms with E-state index in [-0.39, 0.29) is 0 Å². The van der Waals surface area contributed by atoms with Crippen LogP contribution in [0.2, 0.25) is 0 Å². The molecule has 0 radical (unpaired) electrons. The van der Waals surface area contributed by atoms with Crippen LogP contribution in [-0.4, -0.2) is 0 Å². The lowest BCUT2D eigenvalue weighted by Gasteiger charge is -2.18. The molecule has 1 atom stereocenters. The van der Waals surface area contributed by atoms with E-state index < -0.39 is 0 Å². The average molecular weight is 253 g/mol. The van der Waals surface area contributed by atoms with E-state index in [2.05, 4.69) is 74.6 Å². The Bertz CT molecular complexity index is 496. The van der Waals surface area contributed by atoms with Crippen LogP contribution < -0.4 is 5.32 Å². The number of hydrogen-bond acceptors (Lipinski definition) is 1. The molecule has 0 saturated carbocycles. The quantitative estimate of drug-likeness (QED) is 0.824. The summed E-state index contributed by atoms with van der Waals surface area (Å²) in [6.07, 6.45) is 1.11. The molecule has 2 rings (SSSR count). The molecule has 0 spiro atoms. The van der Waals surface area contributed by atoms with Gasteiger partial charge in [-0.1, -0.05) is 66.6 Å². The van der Waals surface area contributed by atoms with E-state index in [1.807, 2.05) is 0 Å². The van der Waals surface area contributed by atoms with Crippen molar-refractivity contribution >= 4 is 0 Å². The lowest BCUT2D eigenvalue weighted by molar-refractivity contribution is 0.519. The summed E-state index contributed by atoms with van der Waals surface area (Å²) in [6, 6.07) is 17.9. The first kappa shape index (κ1) is 13.8. The molecule has 0 aliphatic rings. The summed E-state index contributed by atoms with van der Waals surface area (Å²) in [4.78, 5) is 0. The highest BCUT2D eigenvalue weighted by Gasteiger charge is 2.07. The van der Waals surface area contributed by atoms with Crippen molar-refractivity contribution in [2.24, 2.45) is 0 Å². The minimum absolute atomic E-state index is 0.432. The third-order valence-corrected chi connectivity index (χ3v) is 3.44. The fourth-order valence-corrected chi connectivity index (χ4v) is 2.60. The van der Waals surface area contributed by atoms with E-state index in [9.17, 15) is 0 Å². The van der Waals surface area contributed by atoms with Crippen LogP contribution in [-0.2, 0) is 6.54 Å². The highest BCUT2D eigenvalue weighted by molar-refractivity contribution is 5.28. The van der Waals surface area contributed by atoms with E-state index in [0.717, 1.165) is 13.0 Å². The number of rotatable bonds is 5. The molecule has 1 nitrogen and oxygen atoms in total. The van der Waals surface area contributed by atoms with Crippen LogP contribution in [0.15, 0.2) is 48.5 Å². The van der Waals surface area contributed by atoms with Gasteiger partial charge < -0.3 is 5.32 Å². The van der Waals surface area contributed by atoms with Crippen molar-refractivity contribution in [2.75, 3.05) is 0 Å². The van der Waals surface area contributed by atoms with Gasteiger partial charge in [-0.05, 0) is 31.4 Å². The molecule has 0 saturated heterocycles. The molecular formula is C18H23N. The van der Waals surface area contributed by atoms with Crippen LogP contribution in [0.5, 0.6) is 0 Å². The van der Waals surface area contributed by atoms with Crippen molar-refractivity contribution < 1.29 is 0 Å². The van der Waals surface area contributed by atoms with Crippen LogP contribution in [0.4, 0.5) is 0 Å². The number of aryl methyl sites for hydroxylation is 2. The van der Waals surface area contributed by atoms with E-state index in [1.54, 1.807) is 0 Å². The second kappa shape index (κ2) is 6.53. The van der Waals surface area contributed by atoms with Crippen molar-refractivity contribution in [3.63, 3.8) is 0 Å². The molecule has 0 bridgehead atoms. The molecule has 100 valence electrons. The Morgan fingerprint density at radius 1 is 0.947 bits per heavy atom. The zero-order valence-electron chi connectivity index (χ0n) is 12.1. The smallest absolute Gasteiger partial charge is 0.0320 e. The third kappa shape index (κ3) is 3.93. The average Bonchev–Trinajstić information content (AvgIpc) is 2.39. The summed E-state index contributed by atoms with van der Waals surface area (Å²) in [5.74, 6) is 0. The predicted molar refractivity (Wildman–Crippen MR) is 82.2 cm³/mol. The summed E-state index contributed by atoms with van der Waals surface area (Å²) in [7, 11) is 0. The minimum Gasteiger partial charge on any atom is -0.306 e. The standard InChI is InChI=1S/C18H23N/c1-4-18(17-8-6-5-7-9-17)19-13-16-11-14(2)10-15(3)12-16/h5-12,18-19H,4,13H2,1-3H3. The molecule has 0 amide bonds. The summed E-state index contributed by atoms with van der Waals surface area (Å²) < 4.78 is 0. The summed E-state index contributed by atoms with van der Waals surface area (Å²) >= 11 is 0. The van der Waals surface area contributed by atoms with E-state index in [0.29, 0.717) is 6.04 Å².